The van der Waals surface area contributed by atoms with E-state index in [4.69, 9.17) is 14.4 Å². The smallest absolute Gasteiger partial charge is 0.397 e. The van der Waals surface area contributed by atoms with Crippen molar-refractivity contribution in [1.29, 1.82) is 0 Å². The molecule has 0 aromatic carbocycles. The van der Waals surface area contributed by atoms with E-state index in [1.807, 2.05) is 27.7 Å². The summed E-state index contributed by atoms with van der Waals surface area (Å²) in [6.45, 7) is 23.2. The van der Waals surface area contributed by atoms with Gasteiger partial charge in [-0.3, -0.25) is 4.55 Å². The first-order chi connectivity index (χ1) is 21.6. The Hall–Kier alpha value is -0.710. The zero-order valence-corrected chi connectivity index (χ0v) is 31.5. The van der Waals surface area contributed by atoms with E-state index in [1.165, 1.54) is 71.1 Å². The highest BCUT2D eigenvalue weighted by atomic mass is 32.3. The largest absolute Gasteiger partial charge is 0.510 e. The minimum atomic E-state index is -4.40. The molecule has 0 aromatic heterocycles. The minimum absolute atomic E-state index is 0.0681. The highest BCUT2D eigenvalue weighted by Gasteiger charge is 2.59. The molecule has 46 heavy (non-hydrogen) atoms. The number of hydrogen-bond donors (Lipinski definition) is 5. The first-order valence-corrected chi connectivity index (χ1v) is 20.1. The van der Waals surface area contributed by atoms with Gasteiger partial charge in [-0.05, 0) is 150 Å². The second kappa shape index (κ2) is 18.9. The van der Waals surface area contributed by atoms with E-state index < -0.39 is 22.6 Å². The molecule has 0 spiro atoms. The number of aliphatic hydroxyl groups is 2. The monoisotopic (exact) mass is 673 g/mol. The molecule has 0 aromatic rings. The van der Waals surface area contributed by atoms with Crippen LogP contribution in [0.3, 0.4) is 0 Å². The van der Waals surface area contributed by atoms with Crippen LogP contribution in [0.1, 0.15) is 139 Å². The Morgan fingerprint density at radius 2 is 1.59 bits per heavy atom. The molecule has 10 atom stereocenters. The van der Waals surface area contributed by atoms with Crippen molar-refractivity contribution in [1.82, 2.24) is 10.6 Å². The highest BCUT2D eigenvalue weighted by molar-refractivity contribution is 7.80. The van der Waals surface area contributed by atoms with Crippen molar-refractivity contribution < 1.29 is 27.4 Å². The molecular weight excluding hydrogens is 600 g/mol. The van der Waals surface area contributed by atoms with Crippen molar-refractivity contribution in [3.63, 3.8) is 0 Å². The van der Waals surface area contributed by atoms with Crippen molar-refractivity contribution in [3.05, 3.63) is 12.3 Å². The van der Waals surface area contributed by atoms with Gasteiger partial charge in [0, 0.05) is 6.04 Å². The third-order valence-electron chi connectivity index (χ3n) is 12.6. The van der Waals surface area contributed by atoms with Gasteiger partial charge in [0.25, 0.3) is 0 Å². The highest BCUT2D eigenvalue weighted by Crippen LogP contribution is 2.68. The average Bonchev–Trinajstić information content (AvgIpc) is 3.33. The van der Waals surface area contributed by atoms with Gasteiger partial charge in [0.15, 0.2) is 0 Å². The molecule has 0 heterocycles. The summed E-state index contributed by atoms with van der Waals surface area (Å²) in [5.41, 5.74) is 0.967. The fourth-order valence-electron chi connectivity index (χ4n) is 9.94. The molecule has 272 valence electrons. The molecule has 4 saturated carbocycles. The summed E-state index contributed by atoms with van der Waals surface area (Å²) < 4.78 is 36.8. The van der Waals surface area contributed by atoms with Gasteiger partial charge in [0.2, 0.25) is 0 Å². The van der Waals surface area contributed by atoms with Crippen LogP contribution in [-0.4, -0.2) is 61.1 Å². The Bertz CT molecular complexity index is 1010. The van der Waals surface area contributed by atoms with Gasteiger partial charge in [0.05, 0.1) is 6.10 Å². The molecule has 0 saturated heterocycles. The number of hydrogen-bond acceptors (Lipinski definition) is 7. The maximum atomic E-state index is 11.3. The van der Waals surface area contributed by atoms with Crippen LogP contribution in [0.15, 0.2) is 12.3 Å². The van der Waals surface area contributed by atoms with Crippen molar-refractivity contribution in [3.8, 4) is 0 Å². The summed E-state index contributed by atoms with van der Waals surface area (Å²) >= 11 is 0. The van der Waals surface area contributed by atoms with E-state index in [-0.39, 0.29) is 11.7 Å². The summed E-state index contributed by atoms with van der Waals surface area (Å²) in [6.07, 6.45) is 15.3. The zero-order valence-electron chi connectivity index (χ0n) is 30.7. The summed E-state index contributed by atoms with van der Waals surface area (Å²) in [4.78, 5) is 0. The number of rotatable bonds is 14. The first-order valence-electron chi connectivity index (χ1n) is 18.8. The molecule has 10 unspecified atom stereocenters. The molecule has 4 aliphatic carbocycles. The van der Waals surface area contributed by atoms with E-state index >= 15 is 0 Å². The lowest BCUT2D eigenvalue weighted by Gasteiger charge is -2.61. The van der Waals surface area contributed by atoms with Crippen molar-refractivity contribution in [2.75, 3.05) is 19.6 Å². The number of aliphatic hydroxyl groups excluding tert-OH is 2. The van der Waals surface area contributed by atoms with Crippen LogP contribution in [0.4, 0.5) is 0 Å². The maximum Gasteiger partial charge on any atom is 0.397 e. The Balaban J connectivity index is 0.000000826. The van der Waals surface area contributed by atoms with Crippen LogP contribution >= 0.6 is 0 Å². The predicted molar refractivity (Wildman–Crippen MR) is 190 cm³/mol. The Kier molecular flexibility index (Phi) is 17.0. The summed E-state index contributed by atoms with van der Waals surface area (Å²) in [6, 6.07) is 0.718. The summed E-state index contributed by atoms with van der Waals surface area (Å²) in [5, 5.41) is 23.8. The van der Waals surface area contributed by atoms with Gasteiger partial charge in [-0.1, -0.05) is 61.5 Å². The predicted octanol–water partition coefficient (Wildman–Crippen LogP) is 8.08. The van der Waals surface area contributed by atoms with Gasteiger partial charge in [-0.25, -0.2) is 4.18 Å². The lowest BCUT2D eigenvalue weighted by molar-refractivity contribution is -0.115. The van der Waals surface area contributed by atoms with Crippen LogP contribution in [0.25, 0.3) is 0 Å². The van der Waals surface area contributed by atoms with Crippen molar-refractivity contribution in [2.45, 2.75) is 157 Å². The van der Waals surface area contributed by atoms with Gasteiger partial charge < -0.3 is 20.8 Å². The van der Waals surface area contributed by atoms with Crippen LogP contribution < -0.4 is 10.6 Å². The molecule has 0 aliphatic heterocycles. The third kappa shape index (κ3) is 11.2. The van der Waals surface area contributed by atoms with E-state index in [0.717, 1.165) is 68.1 Å². The van der Waals surface area contributed by atoms with Crippen molar-refractivity contribution in [2.24, 2.45) is 46.3 Å². The van der Waals surface area contributed by atoms with Crippen LogP contribution in [0.2, 0.25) is 0 Å². The molecule has 5 N–H and O–H groups in total. The molecular formula is C37H72N2O6S. The normalized spacial score (nSPS) is 34.9. The first kappa shape index (κ1) is 41.5. The second-order valence-electron chi connectivity index (χ2n) is 15.5. The summed E-state index contributed by atoms with van der Waals surface area (Å²) in [7, 11) is -4.40. The van der Waals surface area contributed by atoms with Crippen LogP contribution in [0, 0.1) is 46.3 Å². The molecule has 0 bridgehead atoms. The van der Waals surface area contributed by atoms with Gasteiger partial charge >= 0.3 is 10.4 Å². The molecule has 4 rings (SSSR count). The quantitative estimate of drug-likeness (QED) is 0.0712. The van der Waals surface area contributed by atoms with Crippen LogP contribution in [0.5, 0.6) is 0 Å². The minimum Gasteiger partial charge on any atom is -0.510 e. The summed E-state index contributed by atoms with van der Waals surface area (Å²) in [5.74, 6) is 4.17. The lowest BCUT2D eigenvalue weighted by atomic mass is 9.44. The number of nitrogens with one attached hydrogen (secondary N) is 2. The Labute approximate surface area is 283 Å². The SMILES string of the molecule is C=C(O)C(C)O.CC.CCNCCCNC1CCC2(C)C(CCC3C4CCC(CCCC(OS(=O)(=O)O)C(C)C)C4(C)CCC32)C1. The van der Waals surface area contributed by atoms with E-state index in [2.05, 4.69) is 38.0 Å². The zero-order chi connectivity index (χ0) is 34.7. The molecule has 4 fully saturated rings. The molecule has 0 radical (unpaired) electrons. The fourth-order valence-corrected chi connectivity index (χ4v) is 10.6. The molecule has 4 aliphatic rings. The molecule has 9 heteroatoms. The van der Waals surface area contributed by atoms with Gasteiger partial charge in [-0.15, -0.1) is 0 Å². The standard InChI is InChI=1S/C31H58N2O4S.C4H8O2.C2H6/c1-6-32-19-8-20-33-25-15-17-31(5)24(21-25)11-13-26-27-14-12-23(30(27,4)18-16-28(26)31)9-7-10-29(22(2)3)37-38(34,35)36;1-3(5)4(2)6;1-2/h22-29,32-33H,6-21H2,1-5H3,(H,34,35,36);4-6H,1H2,2H3;1-2H3. The number of fused-ring (bicyclic) bond motifs is 5. The Morgan fingerprint density at radius 1 is 0.957 bits per heavy atom. The third-order valence-corrected chi connectivity index (χ3v) is 13.1. The lowest BCUT2D eigenvalue weighted by Crippen LogP contribution is -2.55. The maximum absolute atomic E-state index is 11.3. The molecule has 0 amide bonds. The van der Waals surface area contributed by atoms with Gasteiger partial charge in [0.1, 0.15) is 11.9 Å². The van der Waals surface area contributed by atoms with E-state index in [9.17, 15) is 13.0 Å². The van der Waals surface area contributed by atoms with Crippen molar-refractivity contribution >= 4 is 10.4 Å². The van der Waals surface area contributed by atoms with E-state index in [0.29, 0.717) is 17.3 Å². The second-order valence-corrected chi connectivity index (χ2v) is 16.6. The van der Waals surface area contributed by atoms with E-state index in [1.54, 1.807) is 0 Å². The fraction of sp³-hybridized carbons (Fsp3) is 0.946. The van der Waals surface area contributed by atoms with Crippen LogP contribution in [-0.2, 0) is 14.6 Å². The van der Waals surface area contributed by atoms with Gasteiger partial charge in [-0.2, -0.15) is 8.42 Å². The topological polar surface area (TPSA) is 128 Å². The Morgan fingerprint density at radius 3 is 2.17 bits per heavy atom. The molecule has 8 nitrogen and oxygen atoms in total. The average molecular weight is 673 g/mol.